The number of carbonyl (C=O) groups is 2. The van der Waals surface area contributed by atoms with Gasteiger partial charge >= 0.3 is 11.9 Å². The van der Waals surface area contributed by atoms with Crippen LogP contribution in [0.3, 0.4) is 0 Å². The first-order valence-electron chi connectivity index (χ1n) is 8.05. The van der Waals surface area contributed by atoms with Gasteiger partial charge in [0.05, 0.1) is 0 Å². The highest BCUT2D eigenvalue weighted by molar-refractivity contribution is 5.67. The van der Waals surface area contributed by atoms with Crippen molar-refractivity contribution in [1.29, 1.82) is 0 Å². The number of esters is 2. The van der Waals surface area contributed by atoms with Crippen molar-refractivity contribution >= 4 is 11.9 Å². The molecular formula is C19H28O4. The molecule has 0 aromatic carbocycles. The molecule has 4 heteroatoms. The summed E-state index contributed by atoms with van der Waals surface area (Å²) in [7, 11) is 0. The predicted molar refractivity (Wildman–Crippen MR) is 90.8 cm³/mol. The van der Waals surface area contributed by atoms with E-state index in [4.69, 9.17) is 9.47 Å². The van der Waals surface area contributed by atoms with E-state index in [0.717, 1.165) is 29.6 Å². The first kappa shape index (κ1) is 19.2. The normalized spacial score (nSPS) is 26.3. The van der Waals surface area contributed by atoms with E-state index in [2.05, 4.69) is 19.7 Å². The molecule has 0 saturated heterocycles. The van der Waals surface area contributed by atoms with Crippen LogP contribution >= 0.6 is 0 Å². The van der Waals surface area contributed by atoms with Crippen molar-refractivity contribution < 1.29 is 19.1 Å². The van der Waals surface area contributed by atoms with Crippen LogP contribution in [0.1, 0.15) is 52.9 Å². The maximum atomic E-state index is 11.4. The maximum absolute atomic E-state index is 11.4. The van der Waals surface area contributed by atoms with Gasteiger partial charge in [0.15, 0.2) is 0 Å². The summed E-state index contributed by atoms with van der Waals surface area (Å²) >= 11 is 0. The molecule has 0 aromatic rings. The summed E-state index contributed by atoms with van der Waals surface area (Å²) in [5, 5.41) is 0. The summed E-state index contributed by atoms with van der Waals surface area (Å²) in [6.07, 6.45) is 2.90. The average molecular weight is 320 g/mol. The molecule has 0 N–H and O–H groups in total. The topological polar surface area (TPSA) is 52.6 Å². The van der Waals surface area contributed by atoms with Gasteiger partial charge in [0.2, 0.25) is 0 Å². The number of hydrogen-bond donors (Lipinski definition) is 0. The average Bonchev–Trinajstić information content (AvgIpc) is 2.43. The molecule has 0 heterocycles. The molecule has 1 rings (SSSR count). The zero-order valence-corrected chi connectivity index (χ0v) is 14.5. The molecule has 1 unspecified atom stereocenters. The number of rotatable bonds is 3. The number of hydrogen-bond acceptors (Lipinski definition) is 4. The first-order chi connectivity index (χ1) is 10.7. The van der Waals surface area contributed by atoms with E-state index in [0.29, 0.717) is 19.3 Å². The summed E-state index contributed by atoms with van der Waals surface area (Å²) in [4.78, 5) is 22.7. The predicted octanol–water partition coefficient (Wildman–Crippen LogP) is 4.12. The molecule has 0 amide bonds. The molecule has 1 aliphatic rings. The van der Waals surface area contributed by atoms with Gasteiger partial charge < -0.3 is 9.47 Å². The smallest absolute Gasteiger partial charge is 0.303 e. The van der Waals surface area contributed by atoms with E-state index in [-0.39, 0.29) is 30.1 Å². The molecule has 1 fully saturated rings. The van der Waals surface area contributed by atoms with Gasteiger partial charge in [-0.3, -0.25) is 9.59 Å². The van der Waals surface area contributed by atoms with E-state index < -0.39 is 0 Å². The lowest BCUT2D eigenvalue weighted by Gasteiger charge is -2.29. The van der Waals surface area contributed by atoms with Gasteiger partial charge in [0.1, 0.15) is 12.2 Å². The number of ether oxygens (including phenoxy) is 2. The third-order valence-corrected chi connectivity index (χ3v) is 4.26. The summed E-state index contributed by atoms with van der Waals surface area (Å²) in [5.41, 5.74) is 2.82. The van der Waals surface area contributed by atoms with Gasteiger partial charge in [0.25, 0.3) is 0 Å². The van der Waals surface area contributed by atoms with Crippen molar-refractivity contribution in [2.45, 2.75) is 65.1 Å². The Balaban J connectivity index is 2.96. The molecular weight excluding hydrogens is 292 g/mol. The Morgan fingerprint density at radius 3 is 1.91 bits per heavy atom. The second-order valence-corrected chi connectivity index (χ2v) is 6.37. The van der Waals surface area contributed by atoms with E-state index in [1.807, 2.05) is 6.92 Å². The Labute approximate surface area is 139 Å². The highest BCUT2D eigenvalue weighted by atomic mass is 16.5. The molecule has 0 bridgehead atoms. The lowest BCUT2D eigenvalue weighted by molar-refractivity contribution is -0.145. The fraction of sp³-hybridized carbons (Fsp3) is 0.579. The zero-order chi connectivity index (χ0) is 17.6. The Morgan fingerprint density at radius 2 is 1.39 bits per heavy atom. The SMILES string of the molecule is C=C1CC[C@@H](C(=C)C)C[C@H](OC(C)=O)C(=C)CCC1OC(C)=O. The fourth-order valence-electron chi connectivity index (χ4n) is 2.87. The highest BCUT2D eigenvalue weighted by Crippen LogP contribution is 2.32. The Morgan fingerprint density at radius 1 is 0.913 bits per heavy atom. The van der Waals surface area contributed by atoms with Crippen molar-refractivity contribution in [2.24, 2.45) is 5.92 Å². The summed E-state index contributed by atoms with van der Waals surface area (Å²) in [6, 6.07) is 0. The van der Waals surface area contributed by atoms with Crippen LogP contribution in [-0.2, 0) is 19.1 Å². The van der Waals surface area contributed by atoms with E-state index in [1.54, 1.807) is 0 Å². The second kappa shape index (κ2) is 8.70. The maximum Gasteiger partial charge on any atom is 0.303 e. The minimum Gasteiger partial charge on any atom is -0.458 e. The van der Waals surface area contributed by atoms with Gasteiger partial charge in [-0.2, -0.15) is 0 Å². The van der Waals surface area contributed by atoms with Crippen LogP contribution in [0.4, 0.5) is 0 Å². The van der Waals surface area contributed by atoms with Crippen molar-refractivity contribution in [3.63, 3.8) is 0 Å². The van der Waals surface area contributed by atoms with Crippen LogP contribution in [0.15, 0.2) is 36.5 Å². The minimum atomic E-state index is -0.321. The summed E-state index contributed by atoms with van der Waals surface area (Å²) < 4.78 is 10.8. The van der Waals surface area contributed by atoms with Gasteiger partial charge in [-0.1, -0.05) is 25.3 Å². The van der Waals surface area contributed by atoms with E-state index in [9.17, 15) is 9.59 Å². The fourth-order valence-corrected chi connectivity index (χ4v) is 2.87. The monoisotopic (exact) mass is 320 g/mol. The third-order valence-electron chi connectivity index (χ3n) is 4.26. The Hall–Kier alpha value is -1.84. The van der Waals surface area contributed by atoms with Gasteiger partial charge in [-0.15, -0.1) is 0 Å². The molecule has 1 saturated carbocycles. The molecule has 23 heavy (non-hydrogen) atoms. The lowest BCUT2D eigenvalue weighted by atomic mass is 9.83. The van der Waals surface area contributed by atoms with Crippen LogP contribution < -0.4 is 0 Å². The van der Waals surface area contributed by atoms with Gasteiger partial charge in [0, 0.05) is 13.8 Å². The largest absolute Gasteiger partial charge is 0.458 e. The number of allylic oxidation sites excluding steroid dienone is 1. The van der Waals surface area contributed by atoms with Gasteiger partial charge in [-0.05, 0) is 56.1 Å². The van der Waals surface area contributed by atoms with E-state index in [1.165, 1.54) is 13.8 Å². The van der Waals surface area contributed by atoms with Crippen LogP contribution in [0.25, 0.3) is 0 Å². The Kier molecular flexibility index (Phi) is 7.27. The zero-order valence-electron chi connectivity index (χ0n) is 14.5. The van der Waals surface area contributed by atoms with Gasteiger partial charge in [-0.25, -0.2) is 0 Å². The van der Waals surface area contributed by atoms with Crippen molar-refractivity contribution in [3.05, 3.63) is 36.5 Å². The van der Waals surface area contributed by atoms with Crippen molar-refractivity contribution in [2.75, 3.05) is 0 Å². The molecule has 0 radical (unpaired) electrons. The number of carbonyl (C=O) groups excluding carboxylic acids is 2. The van der Waals surface area contributed by atoms with Crippen LogP contribution in [0.5, 0.6) is 0 Å². The van der Waals surface area contributed by atoms with E-state index >= 15 is 0 Å². The molecule has 0 aliphatic heterocycles. The van der Waals surface area contributed by atoms with Crippen molar-refractivity contribution in [3.8, 4) is 0 Å². The molecule has 0 aromatic heterocycles. The van der Waals surface area contributed by atoms with Crippen LogP contribution in [0, 0.1) is 5.92 Å². The molecule has 3 atom stereocenters. The summed E-state index contributed by atoms with van der Waals surface area (Å²) in [6.45, 7) is 17.0. The molecule has 0 spiro atoms. The van der Waals surface area contributed by atoms with Crippen LogP contribution in [-0.4, -0.2) is 24.1 Å². The first-order valence-corrected chi connectivity index (χ1v) is 8.05. The molecule has 128 valence electrons. The molecule has 1 aliphatic carbocycles. The quantitative estimate of drug-likeness (QED) is 0.580. The highest BCUT2D eigenvalue weighted by Gasteiger charge is 2.26. The second-order valence-electron chi connectivity index (χ2n) is 6.37. The lowest BCUT2D eigenvalue weighted by Crippen LogP contribution is -2.26. The molecule has 4 nitrogen and oxygen atoms in total. The minimum absolute atomic E-state index is 0.212. The Bertz CT molecular complexity index is 503. The van der Waals surface area contributed by atoms with Crippen LogP contribution in [0.2, 0.25) is 0 Å². The van der Waals surface area contributed by atoms with Crippen molar-refractivity contribution in [1.82, 2.24) is 0 Å². The standard InChI is InChI=1S/C19H28O4/c1-12(2)17-9-7-13(3)18(22-15(5)20)10-8-14(4)19(11-17)23-16(6)21/h17-19H,1,3-4,7-11H2,2,5-6H3/t17-,18?,19+/m1/s1. The summed E-state index contributed by atoms with van der Waals surface area (Å²) in [5.74, 6) is -0.412. The third kappa shape index (κ3) is 6.43.